The number of nitrogens with zero attached hydrogens (tertiary/aromatic N) is 6. The van der Waals surface area contributed by atoms with Crippen LogP contribution in [0.1, 0.15) is 36.8 Å². The molecule has 0 N–H and O–H groups in total. The molecule has 5 rings (SSSR count). The van der Waals surface area contributed by atoms with Crippen LogP contribution in [0.15, 0.2) is 18.5 Å². The van der Waals surface area contributed by atoms with Crippen molar-refractivity contribution >= 4 is 5.82 Å². The Morgan fingerprint density at radius 2 is 1.93 bits per heavy atom. The lowest BCUT2D eigenvalue weighted by molar-refractivity contribution is 0.0799. The number of rotatable bonds is 4. The second kappa shape index (κ2) is 6.87. The normalized spacial score (nSPS) is 25.2. The second-order valence-electron chi connectivity index (χ2n) is 8.48. The molecule has 2 atom stereocenters. The Morgan fingerprint density at radius 3 is 2.67 bits per heavy atom. The fourth-order valence-electron chi connectivity index (χ4n) is 4.72. The van der Waals surface area contributed by atoms with Crippen molar-refractivity contribution in [2.75, 3.05) is 37.7 Å². The van der Waals surface area contributed by atoms with Crippen LogP contribution >= 0.6 is 0 Å². The summed E-state index contributed by atoms with van der Waals surface area (Å²) in [4.78, 5) is 14.0. The SMILES string of the molecule is CC(C)c1cc(N2CC3CN(Cc4cc5n(n4)CCOC5)CC3C2)ncn1. The van der Waals surface area contributed by atoms with Crippen molar-refractivity contribution in [3.05, 3.63) is 35.5 Å². The average molecular weight is 368 g/mol. The van der Waals surface area contributed by atoms with Crippen LogP contribution in [0.2, 0.25) is 0 Å². The minimum Gasteiger partial charge on any atom is -0.373 e. The minimum absolute atomic E-state index is 0.440. The zero-order valence-electron chi connectivity index (χ0n) is 16.2. The summed E-state index contributed by atoms with van der Waals surface area (Å²) in [7, 11) is 0. The standard InChI is InChI=1S/C20H28N6O/c1-14(2)19-6-20(22-13-21-19)25-9-15-7-24(8-16(15)10-25)11-17-5-18-12-27-4-3-26(18)23-17/h5-6,13-16H,3-4,7-12H2,1-2H3. The van der Waals surface area contributed by atoms with Gasteiger partial charge in [0.1, 0.15) is 12.1 Å². The topological polar surface area (TPSA) is 59.3 Å². The van der Waals surface area contributed by atoms with Gasteiger partial charge in [-0.15, -0.1) is 0 Å². The number of hydrogen-bond acceptors (Lipinski definition) is 6. The van der Waals surface area contributed by atoms with Gasteiger partial charge in [-0.2, -0.15) is 5.10 Å². The molecule has 27 heavy (non-hydrogen) atoms. The Kier molecular flexibility index (Phi) is 4.36. The molecule has 0 spiro atoms. The summed E-state index contributed by atoms with van der Waals surface area (Å²) in [6.45, 7) is 12.2. The van der Waals surface area contributed by atoms with E-state index < -0.39 is 0 Å². The van der Waals surface area contributed by atoms with Gasteiger partial charge in [0.05, 0.1) is 31.1 Å². The van der Waals surface area contributed by atoms with E-state index in [9.17, 15) is 0 Å². The highest BCUT2D eigenvalue weighted by molar-refractivity contribution is 5.41. The van der Waals surface area contributed by atoms with E-state index in [1.807, 2.05) is 0 Å². The number of anilines is 1. The maximum Gasteiger partial charge on any atom is 0.132 e. The average Bonchev–Trinajstić information content (AvgIpc) is 3.34. The van der Waals surface area contributed by atoms with Crippen LogP contribution < -0.4 is 4.90 Å². The molecule has 2 unspecified atom stereocenters. The predicted octanol–water partition coefficient (Wildman–Crippen LogP) is 1.89. The third-order valence-electron chi connectivity index (χ3n) is 6.15. The van der Waals surface area contributed by atoms with E-state index in [2.05, 4.69) is 50.4 Å². The molecule has 0 saturated carbocycles. The first-order chi connectivity index (χ1) is 13.2. The van der Waals surface area contributed by atoms with Gasteiger partial charge in [-0.3, -0.25) is 9.58 Å². The van der Waals surface area contributed by atoms with Crippen LogP contribution in [0.25, 0.3) is 0 Å². The molecule has 144 valence electrons. The van der Waals surface area contributed by atoms with E-state index in [0.717, 1.165) is 69.2 Å². The van der Waals surface area contributed by atoms with E-state index in [-0.39, 0.29) is 0 Å². The third-order valence-corrected chi connectivity index (χ3v) is 6.15. The number of fused-ring (bicyclic) bond motifs is 2. The first-order valence-electron chi connectivity index (χ1n) is 10.1. The summed E-state index contributed by atoms with van der Waals surface area (Å²) >= 11 is 0. The van der Waals surface area contributed by atoms with Gasteiger partial charge in [-0.25, -0.2) is 9.97 Å². The highest BCUT2D eigenvalue weighted by Crippen LogP contribution is 2.34. The fourth-order valence-corrected chi connectivity index (χ4v) is 4.72. The van der Waals surface area contributed by atoms with E-state index in [1.165, 1.54) is 11.4 Å². The van der Waals surface area contributed by atoms with Crippen molar-refractivity contribution in [1.29, 1.82) is 0 Å². The Morgan fingerprint density at radius 1 is 1.11 bits per heavy atom. The minimum atomic E-state index is 0.440. The van der Waals surface area contributed by atoms with Gasteiger partial charge in [-0.1, -0.05) is 13.8 Å². The molecule has 3 aliphatic heterocycles. The molecule has 0 radical (unpaired) electrons. The number of hydrogen-bond donors (Lipinski definition) is 0. The molecule has 2 saturated heterocycles. The lowest BCUT2D eigenvalue weighted by atomic mass is 10.0. The summed E-state index contributed by atoms with van der Waals surface area (Å²) in [6, 6.07) is 4.38. The summed E-state index contributed by atoms with van der Waals surface area (Å²) in [6.07, 6.45) is 1.72. The number of ether oxygens (including phenoxy) is 1. The molecule has 0 bridgehead atoms. The van der Waals surface area contributed by atoms with Crippen LogP contribution in [-0.4, -0.2) is 57.4 Å². The number of likely N-dealkylation sites (tertiary alicyclic amines) is 1. The Bertz CT molecular complexity index is 781. The molecule has 2 aromatic heterocycles. The van der Waals surface area contributed by atoms with Crippen molar-refractivity contribution in [2.24, 2.45) is 11.8 Å². The molecule has 0 aromatic carbocycles. The van der Waals surface area contributed by atoms with Gasteiger partial charge in [0.15, 0.2) is 0 Å². The van der Waals surface area contributed by atoms with Gasteiger partial charge < -0.3 is 9.64 Å². The van der Waals surface area contributed by atoms with Gasteiger partial charge in [0, 0.05) is 44.5 Å². The molecule has 7 heteroatoms. The zero-order valence-corrected chi connectivity index (χ0v) is 16.2. The van der Waals surface area contributed by atoms with Gasteiger partial charge in [0.25, 0.3) is 0 Å². The molecule has 0 amide bonds. The van der Waals surface area contributed by atoms with E-state index >= 15 is 0 Å². The Labute approximate surface area is 160 Å². The molecule has 5 heterocycles. The van der Waals surface area contributed by atoms with Crippen LogP contribution in [0.4, 0.5) is 5.82 Å². The fraction of sp³-hybridized carbons (Fsp3) is 0.650. The van der Waals surface area contributed by atoms with Crippen LogP contribution in [-0.2, 0) is 24.4 Å². The summed E-state index contributed by atoms with van der Waals surface area (Å²) in [5, 5.41) is 4.76. The maximum absolute atomic E-state index is 5.53. The maximum atomic E-state index is 5.53. The van der Waals surface area contributed by atoms with Crippen molar-refractivity contribution in [3.63, 3.8) is 0 Å². The van der Waals surface area contributed by atoms with Crippen molar-refractivity contribution in [3.8, 4) is 0 Å². The predicted molar refractivity (Wildman–Crippen MR) is 102 cm³/mol. The molecule has 2 aromatic rings. The van der Waals surface area contributed by atoms with Crippen LogP contribution in [0.3, 0.4) is 0 Å². The summed E-state index contributed by atoms with van der Waals surface area (Å²) in [5.74, 6) is 2.98. The lowest BCUT2D eigenvalue weighted by Crippen LogP contribution is -2.29. The van der Waals surface area contributed by atoms with Gasteiger partial charge in [0.2, 0.25) is 0 Å². The summed E-state index contributed by atoms with van der Waals surface area (Å²) < 4.78 is 7.64. The van der Waals surface area contributed by atoms with Gasteiger partial charge >= 0.3 is 0 Å². The van der Waals surface area contributed by atoms with Crippen LogP contribution in [0, 0.1) is 11.8 Å². The molecule has 2 fully saturated rings. The Balaban J connectivity index is 1.21. The van der Waals surface area contributed by atoms with Gasteiger partial charge in [-0.05, 0) is 23.8 Å². The van der Waals surface area contributed by atoms with E-state index in [0.29, 0.717) is 12.5 Å². The number of aromatic nitrogens is 4. The molecular formula is C20H28N6O. The van der Waals surface area contributed by atoms with Crippen molar-refractivity contribution in [1.82, 2.24) is 24.6 Å². The zero-order chi connectivity index (χ0) is 18.4. The van der Waals surface area contributed by atoms with E-state index in [1.54, 1.807) is 6.33 Å². The molecular weight excluding hydrogens is 340 g/mol. The molecule has 7 nitrogen and oxygen atoms in total. The quantitative estimate of drug-likeness (QED) is 0.821. The third kappa shape index (κ3) is 3.34. The lowest BCUT2D eigenvalue weighted by Gasteiger charge is -2.22. The molecule has 0 aliphatic carbocycles. The van der Waals surface area contributed by atoms with Crippen molar-refractivity contribution in [2.45, 2.75) is 39.5 Å². The smallest absolute Gasteiger partial charge is 0.132 e. The van der Waals surface area contributed by atoms with E-state index in [4.69, 9.17) is 9.84 Å². The molecule has 3 aliphatic rings. The first kappa shape index (κ1) is 17.1. The second-order valence-corrected chi connectivity index (χ2v) is 8.48. The summed E-state index contributed by atoms with van der Waals surface area (Å²) in [5.41, 5.74) is 3.53. The first-order valence-corrected chi connectivity index (χ1v) is 10.1. The highest BCUT2D eigenvalue weighted by Gasteiger charge is 2.40. The Hall–Kier alpha value is -1.99. The van der Waals surface area contributed by atoms with Crippen LogP contribution in [0.5, 0.6) is 0 Å². The highest BCUT2D eigenvalue weighted by atomic mass is 16.5. The van der Waals surface area contributed by atoms with Crippen molar-refractivity contribution < 1.29 is 4.74 Å². The monoisotopic (exact) mass is 368 g/mol. The largest absolute Gasteiger partial charge is 0.373 e.